The number of ether oxygens (including phenoxy) is 4. The topological polar surface area (TPSA) is 363 Å². The third kappa shape index (κ3) is 24.8. The standard InChI is InChI=1S/2C28H31ClN6O2.C27H29ClN6O2.C25H25ClN6O2/c2*1-18-6-4-7-25(31-18)19-8-9-22(24(29)15-19)23-14-20-16-30-28(32-21-10-13-37-17-21)33-26(20)35(27(23)36)12-5-11-34(2)3;1-17-5-4-6-24(30-17)18-7-8-21(23(28)14-18)22-13-19-15-29-27(31-20-9-12-36-16-20)32-25(19)34(26(22)35)11-10-33(2)3;1-15-3-2-4-22(29-15)16-5-6-19(21(26)12-16)20-11-17-13-28-25(30-18-7-10-34-14-18)31-23(17)32(9-8-27)24(20)33/h2*4,6-9,14-16,21H,5,10-13,17H2,1-3H3,(H,30,32,33);4-8,13-15,20H,9-12,16H2,1-3H3,(H,29,31,32);2-6,11-13,18H,7-10,14,27H2,1H3,(H,28,30,31)/t2*21-;20-;18-/m1000/s1. The fraction of sp³-hybridized carbons (Fsp3) is 0.333. The summed E-state index contributed by atoms with van der Waals surface area (Å²) >= 11 is 26.9. The molecule has 16 heterocycles. The highest BCUT2D eigenvalue weighted by Gasteiger charge is 2.27. The third-order valence-electron chi connectivity index (χ3n) is 25.2. The van der Waals surface area contributed by atoms with E-state index in [1.165, 1.54) is 0 Å². The van der Waals surface area contributed by atoms with Crippen molar-refractivity contribution in [3.05, 3.63) is 279 Å². The Balaban J connectivity index is 0.000000132. The molecule has 0 bridgehead atoms. The number of nitrogens with two attached hydrogens (primary N) is 1. The van der Waals surface area contributed by atoms with E-state index in [0.717, 1.165) is 161 Å². The van der Waals surface area contributed by atoms with E-state index in [-0.39, 0.29) is 46.4 Å². The molecule has 6 N–H and O–H groups in total. The Kier molecular flexibility index (Phi) is 33.4. The van der Waals surface area contributed by atoms with Crippen molar-refractivity contribution in [1.29, 1.82) is 0 Å². The van der Waals surface area contributed by atoms with Gasteiger partial charge in [0.1, 0.15) is 22.6 Å². The smallest absolute Gasteiger partial charge is 0.260 e. The summed E-state index contributed by atoms with van der Waals surface area (Å²) in [4.78, 5) is 116. The van der Waals surface area contributed by atoms with Crippen LogP contribution in [-0.4, -0.2) is 238 Å². The van der Waals surface area contributed by atoms with Gasteiger partial charge in [0.2, 0.25) is 23.8 Å². The number of pyridine rings is 8. The first-order valence-corrected chi connectivity index (χ1v) is 49.8. The second kappa shape index (κ2) is 47.0. The normalized spacial score (nSPS) is 15.6. The lowest BCUT2D eigenvalue weighted by Gasteiger charge is -2.17. The van der Waals surface area contributed by atoms with Crippen LogP contribution in [0.3, 0.4) is 0 Å². The van der Waals surface area contributed by atoms with Gasteiger partial charge in [-0.2, -0.15) is 19.9 Å². The largest absolute Gasteiger partial charge is 0.379 e. The summed E-state index contributed by atoms with van der Waals surface area (Å²) in [5.74, 6) is 1.97. The van der Waals surface area contributed by atoms with Gasteiger partial charge in [0.05, 0.1) is 73.4 Å². The van der Waals surface area contributed by atoms with Gasteiger partial charge in [0.25, 0.3) is 22.2 Å². The van der Waals surface area contributed by atoms with Crippen molar-refractivity contribution in [1.82, 2.24) is 92.8 Å². The molecule has 4 aliphatic heterocycles. The van der Waals surface area contributed by atoms with E-state index in [2.05, 4.69) is 75.9 Å². The minimum Gasteiger partial charge on any atom is -0.379 e. The predicted octanol–water partition coefficient (Wildman–Crippen LogP) is 17.2. The van der Waals surface area contributed by atoms with Gasteiger partial charge >= 0.3 is 0 Å². The monoisotopic (exact) mass is 2020 g/mol. The summed E-state index contributed by atoms with van der Waals surface area (Å²) in [6, 6.07) is 54.2. The summed E-state index contributed by atoms with van der Waals surface area (Å²) in [6.45, 7) is 17.8. The SMILES string of the molecule is Cc1cccc(-c2ccc(-c3cc4cnc(N[C@@H]5CCOC5)nc4n(CCCN(C)C)c3=O)c(Cl)c2)n1.Cc1cccc(-c2ccc(-c3cc4cnc(N[C@H]5CCOC5)nc4n(CCCN(C)C)c3=O)c(Cl)c2)n1.Cc1cccc(-c2ccc(-c3cc4cnc(N[C@H]5CCOC5)nc4n(CCN(C)C)c3=O)c(Cl)c2)n1.Cc1cccc(-c2ccc(-c3cc4cnc(N[C@H]5CCOC5)nc4n(CCN)c3=O)c(Cl)c2)n1. The van der Waals surface area contributed by atoms with Gasteiger partial charge in [-0.05, 0) is 219 Å². The van der Waals surface area contributed by atoms with Gasteiger partial charge in [-0.3, -0.25) is 57.4 Å². The van der Waals surface area contributed by atoms with E-state index in [9.17, 15) is 19.2 Å². The number of likely N-dealkylation sites (N-methyl/N-ethyl adjacent to an activating group) is 1. The average Bonchev–Trinajstić information content (AvgIpc) is 0.805. The highest BCUT2D eigenvalue weighted by molar-refractivity contribution is 6.35. The molecule has 144 heavy (non-hydrogen) atoms. The van der Waals surface area contributed by atoms with E-state index >= 15 is 0 Å². The number of nitrogens with one attached hydrogen (secondary N) is 4. The van der Waals surface area contributed by atoms with Crippen LogP contribution in [0.2, 0.25) is 20.1 Å². The quantitative estimate of drug-likeness (QED) is 0.0291. The van der Waals surface area contributed by atoms with Gasteiger partial charge in [-0.1, -0.05) is 119 Å². The number of hydrogen-bond acceptors (Lipinski definition) is 28. The maximum absolute atomic E-state index is 13.8. The number of nitrogens with zero attached hydrogens (tertiary/aromatic N) is 19. The van der Waals surface area contributed by atoms with Crippen LogP contribution >= 0.6 is 46.4 Å². The minimum absolute atomic E-state index is 0.122. The van der Waals surface area contributed by atoms with E-state index in [1.54, 1.807) is 49.1 Å². The van der Waals surface area contributed by atoms with Crippen LogP contribution in [0.5, 0.6) is 0 Å². The molecule has 4 fully saturated rings. The number of halogens is 4. The number of rotatable bonds is 29. The van der Waals surface area contributed by atoms with Crippen molar-refractivity contribution in [3.8, 4) is 89.5 Å². The fourth-order valence-corrected chi connectivity index (χ4v) is 18.9. The molecule has 36 heteroatoms. The predicted molar refractivity (Wildman–Crippen MR) is 574 cm³/mol. The average molecular weight is 2020 g/mol. The molecule has 12 aromatic heterocycles. The Morgan fingerprint density at radius 2 is 0.569 bits per heavy atom. The Hall–Kier alpha value is -13.3. The summed E-state index contributed by atoms with van der Waals surface area (Å²) in [6.07, 6.45) is 12.2. The first kappa shape index (κ1) is 102. The lowest BCUT2D eigenvalue weighted by atomic mass is 10.0. The molecule has 4 saturated heterocycles. The first-order chi connectivity index (χ1) is 69.7. The second-order valence-electron chi connectivity index (χ2n) is 37.1. The summed E-state index contributed by atoms with van der Waals surface area (Å²) in [7, 11) is 12.1. The van der Waals surface area contributed by atoms with Gasteiger partial charge in [0, 0.05) is 222 Å². The molecule has 0 saturated carbocycles. The van der Waals surface area contributed by atoms with Crippen molar-refractivity contribution in [2.75, 3.05) is 143 Å². The lowest BCUT2D eigenvalue weighted by Crippen LogP contribution is -2.29. The van der Waals surface area contributed by atoms with Crippen LogP contribution in [0.1, 0.15) is 61.3 Å². The maximum Gasteiger partial charge on any atom is 0.260 e. The number of anilines is 4. The molecule has 32 nitrogen and oxygen atoms in total. The molecule has 4 aromatic carbocycles. The minimum atomic E-state index is -0.199. The van der Waals surface area contributed by atoms with E-state index < -0.39 is 0 Å². The molecule has 0 amide bonds. The van der Waals surface area contributed by atoms with Crippen LogP contribution in [0.25, 0.3) is 134 Å². The fourth-order valence-electron chi connectivity index (χ4n) is 17.7. The molecule has 0 spiro atoms. The third-order valence-corrected chi connectivity index (χ3v) is 26.5. The van der Waals surface area contributed by atoms with E-state index in [1.807, 2.05) is 239 Å². The number of aryl methyl sites for hydroxylation is 6. The molecule has 4 aliphatic rings. The Morgan fingerprint density at radius 1 is 0.319 bits per heavy atom. The van der Waals surface area contributed by atoms with Crippen molar-refractivity contribution in [2.45, 2.75) is 117 Å². The zero-order valence-electron chi connectivity index (χ0n) is 82.2. The van der Waals surface area contributed by atoms with Crippen LogP contribution < -0.4 is 49.2 Å². The zero-order chi connectivity index (χ0) is 101. The maximum atomic E-state index is 13.8. The lowest BCUT2D eigenvalue weighted by molar-refractivity contribution is 0.195. The Morgan fingerprint density at radius 3 is 0.792 bits per heavy atom. The van der Waals surface area contributed by atoms with Gasteiger partial charge in [0.15, 0.2) is 0 Å². The summed E-state index contributed by atoms with van der Waals surface area (Å²) < 4.78 is 28.6. The van der Waals surface area contributed by atoms with Gasteiger partial charge < -0.3 is 60.6 Å². The van der Waals surface area contributed by atoms with Crippen LogP contribution in [-0.2, 0) is 45.1 Å². The van der Waals surface area contributed by atoms with Crippen molar-refractivity contribution in [2.24, 2.45) is 5.73 Å². The van der Waals surface area contributed by atoms with Crippen molar-refractivity contribution in [3.63, 3.8) is 0 Å². The molecular weight excluding hydrogens is 1900 g/mol. The molecule has 0 radical (unpaired) electrons. The molecule has 4 atom stereocenters. The van der Waals surface area contributed by atoms with E-state index in [0.29, 0.717) is 183 Å². The molecule has 20 rings (SSSR count). The Bertz CT molecular complexity index is 7390. The van der Waals surface area contributed by atoms with Crippen molar-refractivity contribution < 1.29 is 18.9 Å². The molecular formula is C108H116Cl4N24O8. The van der Waals surface area contributed by atoms with Crippen LogP contribution in [0, 0.1) is 27.7 Å². The molecule has 16 aromatic rings. The first-order valence-electron chi connectivity index (χ1n) is 48.3. The number of benzene rings is 4. The number of hydrogen-bond donors (Lipinski definition) is 5. The van der Waals surface area contributed by atoms with Crippen LogP contribution in [0.4, 0.5) is 23.8 Å². The van der Waals surface area contributed by atoms with Crippen molar-refractivity contribution >= 4 is 114 Å². The Labute approximate surface area is 853 Å². The molecule has 0 unspecified atom stereocenters. The highest BCUT2D eigenvalue weighted by Crippen LogP contribution is 2.38. The number of fused-ring (bicyclic) bond motifs is 4. The van der Waals surface area contributed by atoms with Gasteiger partial charge in [-0.25, -0.2) is 19.9 Å². The van der Waals surface area contributed by atoms with Crippen LogP contribution in [0.15, 0.2) is 214 Å². The zero-order valence-corrected chi connectivity index (χ0v) is 85.2. The highest BCUT2D eigenvalue weighted by atomic mass is 35.5. The van der Waals surface area contributed by atoms with E-state index in [4.69, 9.17) is 86.0 Å². The molecule has 0 aliphatic carbocycles. The molecule has 744 valence electrons. The summed E-state index contributed by atoms with van der Waals surface area (Å²) in [5.41, 5.74) is 23.0. The second-order valence-corrected chi connectivity index (χ2v) is 38.7. The summed E-state index contributed by atoms with van der Waals surface area (Å²) in [5, 5.41) is 18.3. The van der Waals surface area contributed by atoms with Gasteiger partial charge in [-0.15, -0.1) is 0 Å². The number of aromatic nitrogens is 16.